The van der Waals surface area contributed by atoms with Crippen molar-refractivity contribution < 1.29 is 9.21 Å². The fraction of sp³-hybridized carbons (Fsp3) is 0.0476. The van der Waals surface area contributed by atoms with Crippen LogP contribution < -0.4 is 5.32 Å². The van der Waals surface area contributed by atoms with Crippen molar-refractivity contribution in [3.63, 3.8) is 0 Å². The number of amides is 1. The lowest BCUT2D eigenvalue weighted by Crippen LogP contribution is -2.19. The standard InChI is InChI=1S/C21H16BrN5O2/c1-14-12-16(9-10-18(14)22)23-21(28)19(13-17-8-5-11-29-17)27-20(24-25-26-27)15-6-3-2-4-7-15/h2-13H,1H3,(H,23,28). The van der Waals surface area contributed by atoms with Crippen molar-refractivity contribution in [1.29, 1.82) is 0 Å². The molecule has 1 amide bonds. The van der Waals surface area contributed by atoms with Crippen molar-refractivity contribution in [2.45, 2.75) is 6.92 Å². The number of hydrogen-bond acceptors (Lipinski definition) is 5. The van der Waals surface area contributed by atoms with Crippen LogP contribution >= 0.6 is 15.9 Å². The van der Waals surface area contributed by atoms with Crippen LogP contribution in [0.4, 0.5) is 5.69 Å². The smallest absolute Gasteiger partial charge is 0.274 e. The quantitative estimate of drug-likeness (QED) is 0.448. The normalized spacial score (nSPS) is 11.4. The highest BCUT2D eigenvalue weighted by Crippen LogP contribution is 2.24. The van der Waals surface area contributed by atoms with Crippen molar-refractivity contribution in [3.05, 3.63) is 82.7 Å². The highest BCUT2D eigenvalue weighted by molar-refractivity contribution is 9.10. The molecule has 144 valence electrons. The van der Waals surface area contributed by atoms with Gasteiger partial charge < -0.3 is 9.73 Å². The lowest BCUT2D eigenvalue weighted by atomic mass is 10.2. The highest BCUT2D eigenvalue weighted by atomic mass is 79.9. The van der Waals surface area contributed by atoms with E-state index in [1.54, 1.807) is 18.2 Å². The third kappa shape index (κ3) is 4.17. The molecular weight excluding hydrogens is 434 g/mol. The maximum absolute atomic E-state index is 13.2. The predicted molar refractivity (Wildman–Crippen MR) is 114 cm³/mol. The molecule has 2 aromatic carbocycles. The number of rotatable bonds is 5. The Kier molecular flexibility index (Phi) is 5.35. The Balaban J connectivity index is 1.75. The van der Waals surface area contributed by atoms with Crippen molar-refractivity contribution in [1.82, 2.24) is 20.2 Å². The van der Waals surface area contributed by atoms with E-state index in [-0.39, 0.29) is 11.6 Å². The van der Waals surface area contributed by atoms with Crippen LogP contribution in [0.1, 0.15) is 11.3 Å². The number of carbonyl (C=O) groups is 1. The average molecular weight is 450 g/mol. The van der Waals surface area contributed by atoms with Gasteiger partial charge in [-0.25, -0.2) is 0 Å². The summed E-state index contributed by atoms with van der Waals surface area (Å²) >= 11 is 3.46. The first kappa shape index (κ1) is 18.8. The Morgan fingerprint density at radius 2 is 1.97 bits per heavy atom. The van der Waals surface area contributed by atoms with Crippen molar-refractivity contribution in [2.24, 2.45) is 0 Å². The van der Waals surface area contributed by atoms with E-state index in [9.17, 15) is 4.79 Å². The number of nitrogens with one attached hydrogen (secondary N) is 1. The molecule has 29 heavy (non-hydrogen) atoms. The zero-order valence-electron chi connectivity index (χ0n) is 15.4. The second-order valence-electron chi connectivity index (χ2n) is 6.24. The molecular formula is C21H16BrN5O2. The van der Waals surface area contributed by atoms with Gasteiger partial charge in [0.1, 0.15) is 11.5 Å². The summed E-state index contributed by atoms with van der Waals surface area (Å²) < 4.78 is 7.77. The van der Waals surface area contributed by atoms with Gasteiger partial charge in [-0.15, -0.1) is 5.10 Å². The molecule has 2 aromatic heterocycles. The van der Waals surface area contributed by atoms with E-state index < -0.39 is 0 Å². The summed E-state index contributed by atoms with van der Waals surface area (Å²) in [6.45, 7) is 1.95. The number of aryl methyl sites for hydroxylation is 1. The van der Waals surface area contributed by atoms with E-state index in [4.69, 9.17) is 4.42 Å². The van der Waals surface area contributed by atoms with Crippen LogP contribution in [0.15, 0.2) is 75.8 Å². The topological polar surface area (TPSA) is 85.8 Å². The number of nitrogens with zero attached hydrogens (tertiary/aromatic N) is 4. The van der Waals surface area contributed by atoms with Crippen molar-refractivity contribution in [3.8, 4) is 11.4 Å². The molecule has 7 nitrogen and oxygen atoms in total. The minimum Gasteiger partial charge on any atom is -0.465 e. The van der Waals surface area contributed by atoms with Crippen LogP contribution in [-0.2, 0) is 4.79 Å². The summed E-state index contributed by atoms with van der Waals surface area (Å²) in [7, 11) is 0. The number of furan rings is 1. The zero-order valence-corrected chi connectivity index (χ0v) is 17.0. The van der Waals surface area contributed by atoms with E-state index in [0.717, 1.165) is 15.6 Å². The predicted octanol–water partition coefficient (Wildman–Crippen LogP) is 4.64. The fourth-order valence-electron chi connectivity index (χ4n) is 2.77. The van der Waals surface area contributed by atoms with Crippen LogP contribution in [-0.4, -0.2) is 26.1 Å². The Labute approximate surface area is 175 Å². The molecule has 0 aliphatic rings. The number of carbonyl (C=O) groups excluding carboxylic acids is 1. The molecule has 0 aliphatic carbocycles. The molecule has 1 N–H and O–H groups in total. The molecule has 4 rings (SSSR count). The maximum Gasteiger partial charge on any atom is 0.274 e. The van der Waals surface area contributed by atoms with E-state index in [0.29, 0.717) is 17.3 Å². The second kappa shape index (κ2) is 8.24. The third-order valence-corrected chi connectivity index (χ3v) is 5.09. The van der Waals surface area contributed by atoms with Gasteiger partial charge in [-0.1, -0.05) is 46.3 Å². The number of anilines is 1. The number of benzene rings is 2. The first-order valence-electron chi connectivity index (χ1n) is 8.79. The minimum atomic E-state index is -0.368. The summed E-state index contributed by atoms with van der Waals surface area (Å²) in [4.78, 5) is 13.2. The summed E-state index contributed by atoms with van der Waals surface area (Å²) in [6.07, 6.45) is 3.14. The number of halogens is 1. The molecule has 0 fully saturated rings. The molecule has 2 heterocycles. The van der Waals surface area contributed by atoms with Gasteiger partial charge in [0.25, 0.3) is 5.91 Å². The van der Waals surface area contributed by atoms with E-state index >= 15 is 0 Å². The largest absolute Gasteiger partial charge is 0.465 e. The Morgan fingerprint density at radius 1 is 1.14 bits per heavy atom. The fourth-order valence-corrected chi connectivity index (χ4v) is 3.01. The van der Waals surface area contributed by atoms with Gasteiger partial charge in [0.15, 0.2) is 5.82 Å². The molecule has 0 unspecified atom stereocenters. The van der Waals surface area contributed by atoms with Gasteiger partial charge in [-0.3, -0.25) is 4.79 Å². The highest BCUT2D eigenvalue weighted by Gasteiger charge is 2.20. The van der Waals surface area contributed by atoms with Gasteiger partial charge in [0.2, 0.25) is 0 Å². The SMILES string of the molecule is Cc1cc(NC(=O)C(=Cc2ccco2)n2nnnc2-c2ccccc2)ccc1Br. The zero-order chi connectivity index (χ0) is 20.2. The van der Waals surface area contributed by atoms with Gasteiger partial charge in [-0.05, 0) is 53.2 Å². The number of aromatic nitrogens is 4. The Morgan fingerprint density at radius 3 is 2.69 bits per heavy atom. The molecule has 8 heteroatoms. The summed E-state index contributed by atoms with van der Waals surface area (Å²) in [5.41, 5.74) is 2.68. The monoisotopic (exact) mass is 449 g/mol. The second-order valence-corrected chi connectivity index (χ2v) is 7.10. The Bertz CT molecular complexity index is 1170. The van der Waals surface area contributed by atoms with Crippen molar-refractivity contribution in [2.75, 3.05) is 5.32 Å². The molecule has 0 atom stereocenters. The van der Waals surface area contributed by atoms with Gasteiger partial charge >= 0.3 is 0 Å². The molecule has 0 spiro atoms. The van der Waals surface area contributed by atoms with Crippen LogP contribution in [0.25, 0.3) is 23.2 Å². The lowest BCUT2D eigenvalue weighted by Gasteiger charge is -2.11. The molecule has 0 saturated carbocycles. The van der Waals surface area contributed by atoms with Crippen LogP contribution in [0, 0.1) is 6.92 Å². The minimum absolute atomic E-state index is 0.226. The van der Waals surface area contributed by atoms with Crippen molar-refractivity contribution >= 4 is 39.3 Å². The first-order valence-corrected chi connectivity index (χ1v) is 9.58. The van der Waals surface area contributed by atoms with Crippen LogP contribution in [0.2, 0.25) is 0 Å². The van der Waals surface area contributed by atoms with Crippen LogP contribution in [0.5, 0.6) is 0 Å². The van der Waals surface area contributed by atoms with Crippen LogP contribution in [0.3, 0.4) is 0 Å². The van der Waals surface area contributed by atoms with Gasteiger partial charge in [0.05, 0.1) is 6.26 Å². The third-order valence-electron chi connectivity index (χ3n) is 4.20. The number of tetrazole rings is 1. The van der Waals surface area contributed by atoms with E-state index in [1.807, 2.05) is 55.5 Å². The molecule has 0 radical (unpaired) electrons. The lowest BCUT2D eigenvalue weighted by molar-refractivity contribution is -0.111. The molecule has 0 saturated heterocycles. The maximum atomic E-state index is 13.2. The Hall–Kier alpha value is -3.52. The molecule has 4 aromatic rings. The first-order chi connectivity index (χ1) is 14.1. The molecule has 0 aliphatic heterocycles. The summed E-state index contributed by atoms with van der Waals surface area (Å²) in [5.74, 6) is 0.592. The van der Waals surface area contributed by atoms with Gasteiger partial charge in [0, 0.05) is 21.8 Å². The summed E-state index contributed by atoms with van der Waals surface area (Å²) in [5, 5.41) is 14.8. The summed E-state index contributed by atoms with van der Waals surface area (Å²) in [6, 6.07) is 18.5. The molecule has 0 bridgehead atoms. The van der Waals surface area contributed by atoms with E-state index in [2.05, 4.69) is 36.8 Å². The number of hydrogen-bond donors (Lipinski definition) is 1. The van der Waals surface area contributed by atoms with E-state index in [1.165, 1.54) is 10.9 Å². The van der Waals surface area contributed by atoms with Gasteiger partial charge in [-0.2, -0.15) is 4.68 Å². The average Bonchev–Trinajstić information content (AvgIpc) is 3.41.